The molecule has 17 unspecified atom stereocenters. The number of allylic oxidation sites excluding steroid dienone is 10. The van der Waals surface area contributed by atoms with Crippen molar-refractivity contribution >= 4 is 5.91 Å². The molecule has 1 amide bonds. The molecular weight excluding hydrogens is 1170 g/mol. The average Bonchev–Trinajstić information content (AvgIpc) is 0.883. The lowest BCUT2D eigenvalue weighted by Gasteiger charge is -2.48. The van der Waals surface area contributed by atoms with Gasteiger partial charge in [-0.1, -0.05) is 254 Å². The monoisotopic (exact) mass is 1300 g/mol. The molecule has 91 heavy (non-hydrogen) atoms. The van der Waals surface area contributed by atoms with Crippen LogP contribution in [-0.4, -0.2) is 193 Å². The van der Waals surface area contributed by atoms with Crippen molar-refractivity contribution in [2.75, 3.05) is 26.4 Å². The zero-order valence-corrected chi connectivity index (χ0v) is 56.1. The Morgan fingerprint density at radius 1 is 0.407 bits per heavy atom. The largest absolute Gasteiger partial charge is 0.394 e. The van der Waals surface area contributed by atoms with Crippen LogP contribution in [0.25, 0.3) is 0 Å². The van der Waals surface area contributed by atoms with Crippen LogP contribution in [0.15, 0.2) is 60.8 Å². The number of aliphatic hydroxyl groups excluding tert-OH is 11. The Morgan fingerprint density at radius 3 is 1.19 bits per heavy atom. The van der Waals surface area contributed by atoms with Crippen LogP contribution in [0.5, 0.6) is 0 Å². The molecule has 0 aromatic rings. The Hall–Kier alpha value is -2.51. The highest BCUT2D eigenvalue weighted by Gasteiger charge is 2.53. The van der Waals surface area contributed by atoms with E-state index in [9.17, 15) is 61.0 Å². The molecule has 0 saturated carbocycles. The standard InChI is InChI=1S/C72H129NO18/c1-3-5-7-9-11-13-15-17-19-21-23-25-26-27-28-30-32-34-36-38-40-42-44-46-48-50-60(78)73-55(56(77)49-47-45-43-41-39-37-35-33-31-29-24-22-20-18-16-14-12-10-8-6-4-2)54-86-70-66(84)63(81)68(58(52-75)88-70)91-72-67(85)64(82)69(59(53-76)89-72)90-71-65(83)62(80)61(79)57(51-74)87-71/h5,7,11,13,17,19,23,25,27-28,55-59,61-72,74-77,79-85H,3-4,6,8-10,12,14-16,18,20-22,24,26,29-54H2,1-2H3,(H,73,78)/b7-5-,13-11-,19-17-,25-23-,28-27-. The summed E-state index contributed by atoms with van der Waals surface area (Å²) in [5.74, 6) is -0.249. The third kappa shape index (κ3) is 35.4. The lowest BCUT2D eigenvalue weighted by molar-refractivity contribution is -0.379. The molecule has 0 spiro atoms. The predicted molar refractivity (Wildman–Crippen MR) is 355 cm³/mol. The molecule has 17 atom stereocenters. The molecule has 3 rings (SSSR count). The summed E-state index contributed by atoms with van der Waals surface area (Å²) in [6.07, 6.45) is 38.6. The molecule has 0 radical (unpaired) electrons. The molecule has 0 aromatic carbocycles. The fraction of sp³-hybridized carbons (Fsp3) is 0.847. The van der Waals surface area contributed by atoms with Gasteiger partial charge in [-0.25, -0.2) is 0 Å². The predicted octanol–water partition coefficient (Wildman–Crippen LogP) is 9.94. The number of ether oxygens (including phenoxy) is 6. The van der Waals surface area contributed by atoms with Gasteiger partial charge in [0, 0.05) is 6.42 Å². The lowest BCUT2D eigenvalue weighted by Crippen LogP contribution is -2.66. The van der Waals surface area contributed by atoms with E-state index in [2.05, 4.69) is 79.9 Å². The first-order valence-corrected chi connectivity index (χ1v) is 36.0. The van der Waals surface area contributed by atoms with E-state index in [1.165, 1.54) is 135 Å². The highest BCUT2D eigenvalue weighted by Crippen LogP contribution is 2.33. The van der Waals surface area contributed by atoms with E-state index >= 15 is 0 Å². The van der Waals surface area contributed by atoms with E-state index in [4.69, 9.17) is 28.4 Å². The minimum atomic E-state index is -1.98. The van der Waals surface area contributed by atoms with Gasteiger partial charge in [-0.3, -0.25) is 4.79 Å². The van der Waals surface area contributed by atoms with Crippen LogP contribution in [-0.2, 0) is 33.2 Å². The second-order valence-electron chi connectivity index (χ2n) is 25.7. The van der Waals surface area contributed by atoms with E-state index < -0.39 is 124 Å². The Labute approximate surface area is 547 Å². The second kappa shape index (κ2) is 53.6. The molecule has 0 aromatic heterocycles. The van der Waals surface area contributed by atoms with Crippen LogP contribution in [0.4, 0.5) is 0 Å². The summed E-state index contributed by atoms with van der Waals surface area (Å²) in [7, 11) is 0. The van der Waals surface area contributed by atoms with Gasteiger partial charge < -0.3 is 89.9 Å². The zero-order chi connectivity index (χ0) is 66.1. The average molecular weight is 1300 g/mol. The Morgan fingerprint density at radius 2 is 0.758 bits per heavy atom. The highest BCUT2D eigenvalue weighted by atomic mass is 16.8. The van der Waals surface area contributed by atoms with Gasteiger partial charge in [-0.15, -0.1) is 0 Å². The molecule has 3 aliphatic rings. The van der Waals surface area contributed by atoms with Gasteiger partial charge in [-0.05, 0) is 57.8 Å². The first-order chi connectivity index (χ1) is 44.3. The summed E-state index contributed by atoms with van der Waals surface area (Å²) in [4.78, 5) is 13.4. The van der Waals surface area contributed by atoms with Crippen molar-refractivity contribution in [1.82, 2.24) is 5.32 Å². The summed E-state index contributed by atoms with van der Waals surface area (Å²) in [5, 5.41) is 121. The quantitative estimate of drug-likeness (QED) is 0.0199. The van der Waals surface area contributed by atoms with Crippen LogP contribution < -0.4 is 5.32 Å². The number of nitrogens with one attached hydrogen (secondary N) is 1. The molecule has 12 N–H and O–H groups in total. The minimum absolute atomic E-state index is 0.249. The lowest BCUT2D eigenvalue weighted by atomic mass is 9.96. The number of unbranched alkanes of at least 4 members (excludes halogenated alkanes) is 29. The van der Waals surface area contributed by atoms with Crippen molar-refractivity contribution in [2.45, 2.75) is 362 Å². The highest BCUT2D eigenvalue weighted by molar-refractivity contribution is 5.76. The topological polar surface area (TPSA) is 307 Å². The summed E-state index contributed by atoms with van der Waals surface area (Å²) in [6, 6.07) is -0.895. The first kappa shape index (κ1) is 82.7. The van der Waals surface area contributed by atoms with Crippen LogP contribution in [0, 0.1) is 0 Å². The van der Waals surface area contributed by atoms with Gasteiger partial charge in [0.05, 0.1) is 38.6 Å². The fourth-order valence-electron chi connectivity index (χ4n) is 12.0. The molecule has 530 valence electrons. The van der Waals surface area contributed by atoms with Gasteiger partial charge in [0.15, 0.2) is 18.9 Å². The number of rotatable bonds is 55. The summed E-state index contributed by atoms with van der Waals surface area (Å²) < 4.78 is 34.4. The van der Waals surface area contributed by atoms with Gasteiger partial charge in [0.1, 0.15) is 73.2 Å². The fourth-order valence-corrected chi connectivity index (χ4v) is 12.0. The van der Waals surface area contributed by atoms with Crippen molar-refractivity contribution in [1.29, 1.82) is 0 Å². The Balaban J connectivity index is 1.42. The van der Waals surface area contributed by atoms with E-state index in [1.807, 2.05) is 0 Å². The number of aliphatic hydroxyl groups is 11. The maximum absolute atomic E-state index is 13.4. The van der Waals surface area contributed by atoms with E-state index in [0.717, 1.165) is 89.9 Å². The smallest absolute Gasteiger partial charge is 0.220 e. The number of amides is 1. The Kier molecular flexibility index (Phi) is 48.7. The molecular formula is C72H129NO18. The van der Waals surface area contributed by atoms with Gasteiger partial charge >= 0.3 is 0 Å². The number of hydrogen-bond acceptors (Lipinski definition) is 18. The van der Waals surface area contributed by atoms with Gasteiger partial charge in [0.2, 0.25) is 5.91 Å². The molecule has 3 fully saturated rings. The molecule has 0 bridgehead atoms. The van der Waals surface area contributed by atoms with Crippen molar-refractivity contribution in [3.63, 3.8) is 0 Å². The maximum atomic E-state index is 13.4. The van der Waals surface area contributed by atoms with Crippen molar-refractivity contribution in [3.05, 3.63) is 60.8 Å². The molecule has 3 saturated heterocycles. The normalized spacial score (nSPS) is 28.2. The zero-order valence-electron chi connectivity index (χ0n) is 56.1. The van der Waals surface area contributed by atoms with Crippen LogP contribution in [0.1, 0.15) is 258 Å². The minimum Gasteiger partial charge on any atom is -0.394 e. The number of carbonyl (C=O) groups is 1. The molecule has 3 heterocycles. The summed E-state index contributed by atoms with van der Waals surface area (Å²) in [6.45, 7) is 1.70. The van der Waals surface area contributed by atoms with Gasteiger partial charge in [0.25, 0.3) is 0 Å². The SMILES string of the molecule is CC/C=C\C/C=C\C/C=C\C/C=C\C/C=C\CCCCCCCCCCCC(=O)NC(COC1OC(CO)C(OC2OC(CO)C(OC3OC(CO)C(O)C(O)C3O)C(O)C2O)C(O)C1O)C(O)CCCCCCCCCCCCCCCCCCCCCCC. The molecule has 19 heteroatoms. The maximum Gasteiger partial charge on any atom is 0.220 e. The molecule has 3 aliphatic heterocycles. The molecule has 19 nitrogen and oxygen atoms in total. The summed E-state index contributed by atoms with van der Waals surface area (Å²) in [5.41, 5.74) is 0. The third-order valence-electron chi connectivity index (χ3n) is 17.9. The molecule has 0 aliphatic carbocycles. The summed E-state index contributed by atoms with van der Waals surface area (Å²) >= 11 is 0. The van der Waals surface area contributed by atoms with Crippen LogP contribution in [0.3, 0.4) is 0 Å². The van der Waals surface area contributed by atoms with Crippen molar-refractivity contribution in [3.8, 4) is 0 Å². The number of hydrogen-bond donors (Lipinski definition) is 12. The van der Waals surface area contributed by atoms with Crippen molar-refractivity contribution in [2.24, 2.45) is 0 Å². The van der Waals surface area contributed by atoms with Crippen LogP contribution >= 0.6 is 0 Å². The van der Waals surface area contributed by atoms with E-state index in [1.54, 1.807) is 0 Å². The first-order valence-electron chi connectivity index (χ1n) is 36.0. The third-order valence-corrected chi connectivity index (χ3v) is 17.9. The number of carbonyl (C=O) groups excluding carboxylic acids is 1. The van der Waals surface area contributed by atoms with Gasteiger partial charge in [-0.2, -0.15) is 0 Å². The van der Waals surface area contributed by atoms with Crippen LogP contribution in [0.2, 0.25) is 0 Å². The van der Waals surface area contributed by atoms with Crippen molar-refractivity contribution < 1.29 is 89.4 Å². The second-order valence-corrected chi connectivity index (χ2v) is 25.7. The Bertz CT molecular complexity index is 1890. The van der Waals surface area contributed by atoms with E-state index in [-0.39, 0.29) is 18.9 Å². The van der Waals surface area contributed by atoms with E-state index in [0.29, 0.717) is 12.8 Å².